The summed E-state index contributed by atoms with van der Waals surface area (Å²) in [6.45, 7) is 0.137. The number of rotatable bonds is 4. The van der Waals surface area contributed by atoms with Crippen LogP contribution in [0.4, 0.5) is 18.9 Å². The Labute approximate surface area is 124 Å². The van der Waals surface area contributed by atoms with E-state index >= 15 is 0 Å². The zero-order valence-corrected chi connectivity index (χ0v) is 11.6. The molecule has 1 N–H and O–H groups in total. The second-order valence-corrected chi connectivity index (χ2v) is 5.16. The number of hydrogen-bond donors (Lipinski definition) is 1. The van der Waals surface area contributed by atoms with E-state index in [0.717, 1.165) is 6.07 Å². The second kappa shape index (κ2) is 6.11. The molecule has 1 aliphatic heterocycles. The van der Waals surface area contributed by atoms with Gasteiger partial charge >= 0.3 is 12.1 Å². The summed E-state index contributed by atoms with van der Waals surface area (Å²) in [5, 5.41) is 8.55. The number of benzene rings is 1. The highest BCUT2D eigenvalue weighted by molar-refractivity contribution is 6.30. The van der Waals surface area contributed by atoms with Crippen molar-refractivity contribution in [3.05, 3.63) is 28.8 Å². The average molecular weight is 324 g/mol. The molecule has 0 bridgehead atoms. The van der Waals surface area contributed by atoms with Crippen LogP contribution >= 0.6 is 11.6 Å². The van der Waals surface area contributed by atoms with Gasteiger partial charge in [-0.2, -0.15) is 13.2 Å². The predicted molar refractivity (Wildman–Crippen MR) is 70.7 cm³/mol. The van der Waals surface area contributed by atoms with Gasteiger partial charge < -0.3 is 14.7 Å². The van der Waals surface area contributed by atoms with Crippen LogP contribution in [0.3, 0.4) is 0 Å². The maximum atomic E-state index is 13.0. The minimum Gasteiger partial charge on any atom is -0.480 e. The maximum Gasteiger partial charge on any atom is 0.418 e. The van der Waals surface area contributed by atoms with Crippen molar-refractivity contribution in [2.45, 2.75) is 18.7 Å². The quantitative estimate of drug-likeness (QED) is 0.925. The normalized spacial score (nSPS) is 19.0. The van der Waals surface area contributed by atoms with Gasteiger partial charge in [0, 0.05) is 23.8 Å². The Hall–Kier alpha value is -1.47. The van der Waals surface area contributed by atoms with Crippen LogP contribution in [-0.2, 0) is 15.7 Å². The molecule has 1 aromatic carbocycles. The van der Waals surface area contributed by atoms with Gasteiger partial charge in [-0.25, -0.2) is 4.79 Å². The van der Waals surface area contributed by atoms with Crippen LogP contribution in [0.25, 0.3) is 0 Å². The Morgan fingerprint density at radius 1 is 1.48 bits per heavy atom. The van der Waals surface area contributed by atoms with Crippen molar-refractivity contribution >= 4 is 23.3 Å². The molecule has 0 amide bonds. The fourth-order valence-electron chi connectivity index (χ4n) is 2.28. The third-order valence-corrected chi connectivity index (χ3v) is 3.43. The molecule has 1 heterocycles. The van der Waals surface area contributed by atoms with Gasteiger partial charge in [-0.15, -0.1) is 0 Å². The Morgan fingerprint density at radius 2 is 2.19 bits per heavy atom. The van der Waals surface area contributed by atoms with Crippen LogP contribution in [0, 0.1) is 0 Å². The van der Waals surface area contributed by atoms with Crippen molar-refractivity contribution in [3.63, 3.8) is 0 Å². The molecule has 0 unspecified atom stereocenters. The molecular formula is C13H13ClF3NO3. The number of anilines is 1. The van der Waals surface area contributed by atoms with Crippen LogP contribution in [-0.4, -0.2) is 36.9 Å². The smallest absolute Gasteiger partial charge is 0.418 e. The molecule has 8 heteroatoms. The fraction of sp³-hybridized carbons (Fsp3) is 0.462. The summed E-state index contributed by atoms with van der Waals surface area (Å²) < 4.78 is 44.2. The number of carboxylic acids is 1. The molecule has 116 valence electrons. The summed E-state index contributed by atoms with van der Waals surface area (Å²) in [6.07, 6.45) is -4.41. The summed E-state index contributed by atoms with van der Waals surface area (Å²) in [4.78, 5) is 12.0. The molecule has 0 saturated carbocycles. The third kappa shape index (κ3) is 4.01. The number of aliphatic carboxylic acids is 1. The predicted octanol–water partition coefficient (Wildman–Crippen LogP) is 3.04. The average Bonchev–Trinajstić information content (AvgIpc) is 2.84. The van der Waals surface area contributed by atoms with Crippen LogP contribution in [0.2, 0.25) is 5.02 Å². The summed E-state index contributed by atoms with van der Waals surface area (Å²) in [5.41, 5.74) is -0.762. The number of hydrogen-bond acceptors (Lipinski definition) is 3. The highest BCUT2D eigenvalue weighted by Crippen LogP contribution is 2.39. The lowest BCUT2D eigenvalue weighted by Crippen LogP contribution is -2.26. The highest BCUT2D eigenvalue weighted by Gasteiger charge is 2.36. The van der Waals surface area contributed by atoms with E-state index in [1.807, 2.05) is 0 Å². The SMILES string of the molecule is O=C(O)CO[C@H]1CCN(c2ccc(Cl)cc2C(F)(F)F)C1. The molecule has 0 aromatic heterocycles. The number of halogens is 4. The van der Waals surface area contributed by atoms with Crippen molar-refractivity contribution in [3.8, 4) is 0 Å². The standard InChI is InChI=1S/C13H13ClF3NO3/c14-8-1-2-11(10(5-8)13(15,16)17)18-4-3-9(6-18)21-7-12(19)20/h1-2,5,9H,3-4,6-7H2,(H,19,20)/t9-/m0/s1. The summed E-state index contributed by atoms with van der Waals surface area (Å²) >= 11 is 5.63. The van der Waals surface area contributed by atoms with Gasteiger partial charge in [0.25, 0.3) is 0 Å². The molecule has 1 aromatic rings. The molecule has 2 rings (SSSR count). The second-order valence-electron chi connectivity index (χ2n) is 4.72. The first-order chi connectivity index (χ1) is 9.77. The van der Waals surface area contributed by atoms with E-state index in [2.05, 4.69) is 0 Å². The lowest BCUT2D eigenvalue weighted by molar-refractivity contribution is -0.143. The zero-order chi connectivity index (χ0) is 15.6. The Morgan fingerprint density at radius 3 is 2.81 bits per heavy atom. The van der Waals surface area contributed by atoms with E-state index in [1.54, 1.807) is 0 Å². The molecule has 0 spiro atoms. The van der Waals surface area contributed by atoms with Gasteiger partial charge in [0.1, 0.15) is 6.61 Å². The van der Waals surface area contributed by atoms with Gasteiger partial charge in [-0.3, -0.25) is 0 Å². The van der Waals surface area contributed by atoms with Crippen LogP contribution in [0.15, 0.2) is 18.2 Å². The first-order valence-corrected chi connectivity index (χ1v) is 6.60. The minimum absolute atomic E-state index is 0.0175. The number of nitrogens with zero attached hydrogens (tertiary/aromatic N) is 1. The number of carboxylic acid groups (broad SMARTS) is 1. The van der Waals surface area contributed by atoms with Gasteiger partial charge in [0.15, 0.2) is 0 Å². The van der Waals surface area contributed by atoms with E-state index in [1.165, 1.54) is 17.0 Å². The van der Waals surface area contributed by atoms with E-state index < -0.39 is 30.4 Å². The lowest BCUT2D eigenvalue weighted by Gasteiger charge is -2.23. The Kier molecular flexibility index (Phi) is 4.63. The van der Waals surface area contributed by atoms with Crippen molar-refractivity contribution < 1.29 is 27.8 Å². The van der Waals surface area contributed by atoms with Crippen molar-refractivity contribution in [2.24, 2.45) is 0 Å². The highest BCUT2D eigenvalue weighted by atomic mass is 35.5. The van der Waals surface area contributed by atoms with E-state index in [9.17, 15) is 18.0 Å². The summed E-state index contributed by atoms with van der Waals surface area (Å²) in [7, 11) is 0. The van der Waals surface area contributed by atoms with E-state index in [-0.39, 0.29) is 17.3 Å². The van der Waals surface area contributed by atoms with Crippen LogP contribution in [0.5, 0.6) is 0 Å². The van der Waals surface area contributed by atoms with Gasteiger partial charge in [-0.05, 0) is 24.6 Å². The molecule has 21 heavy (non-hydrogen) atoms. The van der Waals surface area contributed by atoms with Gasteiger partial charge in [0.05, 0.1) is 11.7 Å². The first kappa shape index (κ1) is 15.9. The molecular weight excluding hydrogens is 311 g/mol. The van der Waals surface area contributed by atoms with E-state index in [0.29, 0.717) is 13.0 Å². The first-order valence-electron chi connectivity index (χ1n) is 6.22. The number of ether oxygens (including phenoxy) is 1. The zero-order valence-electron chi connectivity index (χ0n) is 10.9. The third-order valence-electron chi connectivity index (χ3n) is 3.19. The largest absolute Gasteiger partial charge is 0.480 e. The van der Waals surface area contributed by atoms with Crippen molar-refractivity contribution in [2.75, 3.05) is 24.6 Å². The minimum atomic E-state index is -4.50. The van der Waals surface area contributed by atoms with Gasteiger partial charge in [-0.1, -0.05) is 11.6 Å². The molecule has 1 atom stereocenters. The molecule has 1 fully saturated rings. The molecule has 1 aliphatic rings. The van der Waals surface area contributed by atoms with E-state index in [4.69, 9.17) is 21.4 Å². The summed E-state index contributed by atoms with van der Waals surface area (Å²) in [5.74, 6) is -1.10. The van der Waals surface area contributed by atoms with Crippen LogP contribution in [0.1, 0.15) is 12.0 Å². The van der Waals surface area contributed by atoms with Crippen molar-refractivity contribution in [1.82, 2.24) is 0 Å². The number of carbonyl (C=O) groups is 1. The maximum absolute atomic E-state index is 13.0. The number of alkyl halides is 3. The van der Waals surface area contributed by atoms with Crippen molar-refractivity contribution in [1.29, 1.82) is 0 Å². The van der Waals surface area contributed by atoms with Crippen LogP contribution < -0.4 is 4.90 Å². The van der Waals surface area contributed by atoms with Gasteiger partial charge in [0.2, 0.25) is 0 Å². The monoisotopic (exact) mass is 323 g/mol. The summed E-state index contributed by atoms with van der Waals surface area (Å²) in [6, 6.07) is 3.62. The Balaban J connectivity index is 2.14. The molecule has 0 aliphatic carbocycles. The fourth-order valence-corrected chi connectivity index (χ4v) is 2.46. The Bertz CT molecular complexity index is 536. The lowest BCUT2D eigenvalue weighted by atomic mass is 10.1. The molecule has 1 saturated heterocycles. The molecule has 0 radical (unpaired) electrons. The molecule has 4 nitrogen and oxygen atoms in total. The topological polar surface area (TPSA) is 49.8 Å².